The maximum atomic E-state index is 11.1. The summed E-state index contributed by atoms with van der Waals surface area (Å²) >= 11 is 0. The van der Waals surface area contributed by atoms with E-state index in [9.17, 15) is 4.79 Å². The number of rotatable bonds is 2. The normalized spacial score (nSPS) is 28.0. The van der Waals surface area contributed by atoms with Gasteiger partial charge in [0.1, 0.15) is 0 Å². The van der Waals surface area contributed by atoms with E-state index in [-0.39, 0.29) is 5.91 Å². The first-order valence-corrected chi connectivity index (χ1v) is 5.23. The number of hydrogen-bond acceptors (Lipinski definition) is 1. The zero-order valence-corrected chi connectivity index (χ0v) is 9.18. The quantitative estimate of drug-likeness (QED) is 0.699. The fraction of sp³-hybridized carbons (Fsp3) is 0.909. The van der Waals surface area contributed by atoms with Gasteiger partial charge in [-0.05, 0) is 24.2 Å². The highest BCUT2D eigenvalue weighted by Gasteiger charge is 2.37. The fourth-order valence-corrected chi connectivity index (χ4v) is 1.77. The topological polar surface area (TPSA) is 29.1 Å². The average molecular weight is 183 g/mol. The van der Waals surface area contributed by atoms with Crippen LogP contribution in [0.5, 0.6) is 0 Å². The molecule has 1 aliphatic rings. The molecule has 0 spiro atoms. The first-order chi connectivity index (χ1) is 5.93. The number of hydrogen-bond donors (Lipinski definition) is 1. The van der Waals surface area contributed by atoms with Crippen LogP contribution in [-0.4, -0.2) is 11.9 Å². The van der Waals surface area contributed by atoms with Gasteiger partial charge < -0.3 is 5.32 Å². The van der Waals surface area contributed by atoms with Crippen molar-refractivity contribution in [1.82, 2.24) is 5.32 Å². The van der Waals surface area contributed by atoms with Crippen LogP contribution in [0.4, 0.5) is 0 Å². The lowest BCUT2D eigenvalue weighted by molar-refractivity contribution is -0.122. The molecule has 0 radical (unpaired) electrons. The van der Waals surface area contributed by atoms with Gasteiger partial charge in [-0.2, -0.15) is 0 Å². The Morgan fingerprint density at radius 1 is 1.38 bits per heavy atom. The first-order valence-electron chi connectivity index (χ1n) is 5.23. The van der Waals surface area contributed by atoms with Crippen LogP contribution in [0.25, 0.3) is 0 Å². The third kappa shape index (κ3) is 2.71. The summed E-state index contributed by atoms with van der Waals surface area (Å²) in [6.07, 6.45) is 2.93. The molecule has 0 aromatic rings. The predicted octanol–water partition coefficient (Wildman–Crippen LogP) is 2.34. The summed E-state index contributed by atoms with van der Waals surface area (Å²) in [5.74, 6) is 0.979. The smallest absolute Gasteiger partial charge is 0.219 e. The van der Waals surface area contributed by atoms with E-state index in [2.05, 4.69) is 26.1 Å². The van der Waals surface area contributed by atoms with Gasteiger partial charge in [-0.25, -0.2) is 0 Å². The highest BCUT2D eigenvalue weighted by Crippen LogP contribution is 2.41. The van der Waals surface area contributed by atoms with Crippen molar-refractivity contribution in [2.45, 2.75) is 53.0 Å². The third-order valence-corrected chi connectivity index (χ3v) is 3.05. The second-order valence-electron chi connectivity index (χ2n) is 5.15. The molecule has 0 aromatic heterocycles. The van der Waals surface area contributed by atoms with E-state index < -0.39 is 0 Å². The number of carbonyl (C=O) groups excluding carboxylic acids is 1. The molecule has 0 aliphatic heterocycles. The zero-order chi connectivity index (χ0) is 10.1. The highest BCUT2D eigenvalue weighted by atomic mass is 16.1. The van der Waals surface area contributed by atoms with E-state index in [1.165, 1.54) is 0 Å². The van der Waals surface area contributed by atoms with Gasteiger partial charge in [-0.3, -0.25) is 4.79 Å². The maximum Gasteiger partial charge on any atom is 0.219 e. The van der Waals surface area contributed by atoms with Crippen molar-refractivity contribution in [2.75, 3.05) is 0 Å². The minimum Gasteiger partial charge on any atom is -0.353 e. The second-order valence-corrected chi connectivity index (χ2v) is 5.15. The molecular weight excluding hydrogens is 162 g/mol. The number of amides is 1. The van der Waals surface area contributed by atoms with Crippen LogP contribution >= 0.6 is 0 Å². The molecule has 0 bridgehead atoms. The van der Waals surface area contributed by atoms with Crippen molar-refractivity contribution >= 4 is 5.91 Å². The molecule has 1 rings (SSSR count). The van der Waals surface area contributed by atoms with E-state index in [4.69, 9.17) is 0 Å². The number of carbonyl (C=O) groups is 1. The Morgan fingerprint density at radius 2 is 1.92 bits per heavy atom. The molecule has 0 atom stereocenters. The lowest BCUT2D eigenvalue weighted by atomic mass is 9.66. The molecular formula is C11H21NO. The summed E-state index contributed by atoms with van der Waals surface area (Å²) in [6, 6.07) is 0.455. The molecule has 0 saturated heterocycles. The van der Waals surface area contributed by atoms with Gasteiger partial charge in [0.25, 0.3) is 0 Å². The van der Waals surface area contributed by atoms with E-state index in [1.807, 2.05) is 6.92 Å². The zero-order valence-electron chi connectivity index (χ0n) is 9.18. The molecule has 13 heavy (non-hydrogen) atoms. The molecule has 0 heterocycles. The van der Waals surface area contributed by atoms with Crippen molar-refractivity contribution in [3.8, 4) is 0 Å². The minimum absolute atomic E-state index is 0.192. The molecule has 1 N–H and O–H groups in total. The van der Waals surface area contributed by atoms with Crippen LogP contribution in [0.2, 0.25) is 0 Å². The van der Waals surface area contributed by atoms with Gasteiger partial charge in [0.15, 0.2) is 0 Å². The van der Waals surface area contributed by atoms with E-state index in [0.717, 1.165) is 18.8 Å². The van der Waals surface area contributed by atoms with Gasteiger partial charge in [-0.1, -0.05) is 27.7 Å². The van der Waals surface area contributed by atoms with Gasteiger partial charge >= 0.3 is 0 Å². The van der Waals surface area contributed by atoms with Crippen LogP contribution in [0, 0.1) is 11.3 Å². The van der Waals surface area contributed by atoms with Crippen molar-refractivity contribution < 1.29 is 4.79 Å². The molecule has 1 fully saturated rings. The molecule has 76 valence electrons. The molecule has 0 unspecified atom stereocenters. The minimum atomic E-state index is 0.192. The van der Waals surface area contributed by atoms with E-state index >= 15 is 0 Å². The van der Waals surface area contributed by atoms with Crippen LogP contribution in [0.1, 0.15) is 47.0 Å². The van der Waals surface area contributed by atoms with Crippen molar-refractivity contribution in [3.63, 3.8) is 0 Å². The maximum absolute atomic E-state index is 11.1. The summed E-state index contributed by atoms with van der Waals surface area (Å²) in [5, 5.41) is 3.03. The fourth-order valence-electron chi connectivity index (χ4n) is 1.77. The van der Waals surface area contributed by atoms with Crippen LogP contribution in [0.15, 0.2) is 0 Å². The third-order valence-electron chi connectivity index (χ3n) is 3.05. The summed E-state index contributed by atoms with van der Waals surface area (Å²) < 4.78 is 0. The Hall–Kier alpha value is -0.530. The number of nitrogens with one attached hydrogen (secondary N) is 1. The Labute approximate surface area is 81.1 Å². The Morgan fingerprint density at radius 3 is 2.31 bits per heavy atom. The van der Waals surface area contributed by atoms with Crippen LogP contribution in [-0.2, 0) is 4.79 Å². The van der Waals surface area contributed by atoms with Crippen LogP contribution < -0.4 is 5.32 Å². The second kappa shape index (κ2) is 3.69. The molecule has 1 saturated carbocycles. The average Bonchev–Trinajstić information content (AvgIpc) is 1.92. The SMILES string of the molecule is CCC(=O)NC1CC(C(C)(C)C)C1. The summed E-state index contributed by atoms with van der Waals surface area (Å²) in [6.45, 7) is 8.72. The monoisotopic (exact) mass is 183 g/mol. The van der Waals surface area contributed by atoms with Crippen molar-refractivity contribution in [1.29, 1.82) is 0 Å². The summed E-state index contributed by atoms with van der Waals surface area (Å²) in [4.78, 5) is 11.1. The van der Waals surface area contributed by atoms with Crippen LogP contribution in [0.3, 0.4) is 0 Å². The summed E-state index contributed by atoms with van der Waals surface area (Å²) in [7, 11) is 0. The Bertz CT molecular complexity index is 187. The predicted molar refractivity (Wildman–Crippen MR) is 54.4 cm³/mol. The van der Waals surface area contributed by atoms with Gasteiger partial charge in [0.2, 0.25) is 5.91 Å². The van der Waals surface area contributed by atoms with Gasteiger partial charge in [0.05, 0.1) is 0 Å². The van der Waals surface area contributed by atoms with E-state index in [1.54, 1.807) is 0 Å². The lowest BCUT2D eigenvalue weighted by Crippen LogP contribution is -2.47. The van der Waals surface area contributed by atoms with Crippen molar-refractivity contribution in [2.24, 2.45) is 11.3 Å². The molecule has 2 nitrogen and oxygen atoms in total. The molecule has 2 heteroatoms. The molecule has 1 amide bonds. The summed E-state index contributed by atoms with van der Waals surface area (Å²) in [5.41, 5.74) is 0.410. The molecule has 0 aromatic carbocycles. The van der Waals surface area contributed by atoms with Crippen molar-refractivity contribution in [3.05, 3.63) is 0 Å². The first kappa shape index (κ1) is 10.6. The van der Waals surface area contributed by atoms with Gasteiger partial charge in [-0.15, -0.1) is 0 Å². The highest BCUT2D eigenvalue weighted by molar-refractivity contribution is 5.75. The Kier molecular flexibility index (Phi) is 2.99. The van der Waals surface area contributed by atoms with E-state index in [0.29, 0.717) is 17.9 Å². The van der Waals surface area contributed by atoms with Gasteiger partial charge in [0, 0.05) is 12.5 Å². The largest absolute Gasteiger partial charge is 0.353 e. The standard InChI is InChI=1S/C11H21NO/c1-5-10(13)12-9-6-8(7-9)11(2,3)4/h8-9H,5-7H2,1-4H3,(H,12,13). The molecule has 1 aliphatic carbocycles. The lowest BCUT2D eigenvalue weighted by Gasteiger charge is -2.43. The Balaban J connectivity index is 2.22.